The van der Waals surface area contributed by atoms with Crippen molar-refractivity contribution in [1.29, 1.82) is 0 Å². The Labute approximate surface area is 124 Å². The van der Waals surface area contributed by atoms with Crippen molar-refractivity contribution < 1.29 is 4.74 Å². The minimum absolute atomic E-state index is 0.562. The Kier molecular flexibility index (Phi) is 6.75. The Hall–Kier alpha value is -0.160. The fourth-order valence-corrected chi connectivity index (χ4v) is 3.68. The summed E-state index contributed by atoms with van der Waals surface area (Å²) in [6.45, 7) is 11.2. The average Bonchev–Trinajstić information content (AvgIpc) is 2.66. The van der Waals surface area contributed by atoms with Crippen LogP contribution in [0.3, 0.4) is 0 Å². The SMILES string of the molecule is CCCNC1CCOCC1N1CCCN(C)CC1CC. The number of nitrogens with zero attached hydrogens (tertiary/aromatic N) is 2. The summed E-state index contributed by atoms with van der Waals surface area (Å²) in [5, 5.41) is 3.76. The van der Waals surface area contributed by atoms with Gasteiger partial charge in [0.1, 0.15) is 0 Å². The second-order valence-corrected chi connectivity index (χ2v) is 6.41. The second kappa shape index (κ2) is 8.32. The minimum atomic E-state index is 0.562. The maximum absolute atomic E-state index is 5.81. The van der Waals surface area contributed by atoms with Crippen LogP contribution in [-0.2, 0) is 4.74 Å². The number of hydrogen-bond acceptors (Lipinski definition) is 4. The van der Waals surface area contributed by atoms with E-state index in [0.29, 0.717) is 18.1 Å². The monoisotopic (exact) mass is 283 g/mol. The molecule has 2 fully saturated rings. The van der Waals surface area contributed by atoms with Crippen LogP contribution in [0.2, 0.25) is 0 Å². The zero-order valence-corrected chi connectivity index (χ0v) is 13.6. The van der Waals surface area contributed by atoms with Crippen LogP contribution in [0.1, 0.15) is 39.5 Å². The summed E-state index contributed by atoms with van der Waals surface area (Å²) >= 11 is 0. The topological polar surface area (TPSA) is 27.7 Å². The summed E-state index contributed by atoms with van der Waals surface area (Å²) in [5.41, 5.74) is 0. The van der Waals surface area contributed by atoms with Gasteiger partial charge in [-0.3, -0.25) is 4.90 Å². The molecule has 2 heterocycles. The fraction of sp³-hybridized carbons (Fsp3) is 1.00. The van der Waals surface area contributed by atoms with Gasteiger partial charge in [0.05, 0.1) is 6.61 Å². The molecule has 0 radical (unpaired) electrons. The largest absolute Gasteiger partial charge is 0.380 e. The van der Waals surface area contributed by atoms with Gasteiger partial charge in [0, 0.05) is 37.8 Å². The number of rotatable bonds is 5. The minimum Gasteiger partial charge on any atom is -0.380 e. The van der Waals surface area contributed by atoms with Gasteiger partial charge in [-0.05, 0) is 45.8 Å². The zero-order valence-electron chi connectivity index (χ0n) is 13.6. The van der Waals surface area contributed by atoms with Gasteiger partial charge in [-0.2, -0.15) is 0 Å². The van der Waals surface area contributed by atoms with Gasteiger partial charge in [0.15, 0.2) is 0 Å². The predicted octanol–water partition coefficient (Wildman–Crippen LogP) is 1.56. The highest BCUT2D eigenvalue weighted by molar-refractivity contribution is 4.92. The van der Waals surface area contributed by atoms with E-state index in [1.54, 1.807) is 0 Å². The molecule has 20 heavy (non-hydrogen) atoms. The van der Waals surface area contributed by atoms with E-state index in [-0.39, 0.29) is 0 Å². The molecule has 0 saturated carbocycles. The van der Waals surface area contributed by atoms with Crippen molar-refractivity contribution in [2.45, 2.75) is 57.7 Å². The highest BCUT2D eigenvalue weighted by Gasteiger charge is 2.35. The molecule has 118 valence electrons. The lowest BCUT2D eigenvalue weighted by Gasteiger charge is -2.43. The molecule has 2 saturated heterocycles. The van der Waals surface area contributed by atoms with E-state index in [0.717, 1.165) is 26.2 Å². The summed E-state index contributed by atoms with van der Waals surface area (Å²) in [6.07, 6.45) is 4.89. The van der Waals surface area contributed by atoms with Gasteiger partial charge in [-0.25, -0.2) is 0 Å². The molecule has 0 aromatic heterocycles. The molecule has 0 aliphatic carbocycles. The molecular weight excluding hydrogens is 250 g/mol. The normalized spacial score (nSPS) is 34.0. The van der Waals surface area contributed by atoms with E-state index in [1.165, 1.54) is 38.9 Å². The molecule has 0 aromatic rings. The smallest absolute Gasteiger partial charge is 0.0637 e. The first kappa shape index (κ1) is 16.2. The quantitative estimate of drug-likeness (QED) is 0.829. The molecule has 2 rings (SSSR count). The van der Waals surface area contributed by atoms with Crippen LogP contribution in [-0.4, -0.2) is 74.4 Å². The van der Waals surface area contributed by atoms with Crippen molar-refractivity contribution in [1.82, 2.24) is 15.1 Å². The van der Waals surface area contributed by atoms with Crippen molar-refractivity contribution in [3.8, 4) is 0 Å². The molecule has 4 heteroatoms. The third-order valence-electron chi connectivity index (χ3n) is 4.83. The van der Waals surface area contributed by atoms with Crippen molar-refractivity contribution in [3.05, 3.63) is 0 Å². The van der Waals surface area contributed by atoms with E-state index in [4.69, 9.17) is 4.74 Å². The molecule has 0 spiro atoms. The van der Waals surface area contributed by atoms with Crippen LogP contribution in [0, 0.1) is 0 Å². The number of nitrogens with one attached hydrogen (secondary N) is 1. The lowest BCUT2D eigenvalue weighted by atomic mass is 9.98. The summed E-state index contributed by atoms with van der Waals surface area (Å²) in [6, 6.07) is 1.85. The fourth-order valence-electron chi connectivity index (χ4n) is 3.68. The van der Waals surface area contributed by atoms with Gasteiger partial charge in [-0.1, -0.05) is 13.8 Å². The van der Waals surface area contributed by atoms with Crippen molar-refractivity contribution in [3.63, 3.8) is 0 Å². The zero-order chi connectivity index (χ0) is 14.4. The average molecular weight is 283 g/mol. The number of hydrogen-bond donors (Lipinski definition) is 1. The molecule has 3 atom stereocenters. The van der Waals surface area contributed by atoms with E-state index in [1.807, 2.05) is 0 Å². The highest BCUT2D eigenvalue weighted by atomic mass is 16.5. The maximum Gasteiger partial charge on any atom is 0.0637 e. The van der Waals surface area contributed by atoms with Crippen LogP contribution in [0.5, 0.6) is 0 Å². The van der Waals surface area contributed by atoms with E-state index in [2.05, 4.69) is 36.0 Å². The van der Waals surface area contributed by atoms with Gasteiger partial charge >= 0.3 is 0 Å². The molecule has 4 nitrogen and oxygen atoms in total. The van der Waals surface area contributed by atoms with Gasteiger partial charge in [-0.15, -0.1) is 0 Å². The van der Waals surface area contributed by atoms with Crippen LogP contribution in [0.4, 0.5) is 0 Å². The van der Waals surface area contributed by atoms with Crippen LogP contribution >= 0.6 is 0 Å². The summed E-state index contributed by atoms with van der Waals surface area (Å²) in [7, 11) is 2.26. The molecule has 0 bridgehead atoms. The van der Waals surface area contributed by atoms with Gasteiger partial charge < -0.3 is 15.0 Å². The Morgan fingerprint density at radius 2 is 2.10 bits per heavy atom. The lowest BCUT2D eigenvalue weighted by Crippen LogP contribution is -2.59. The first-order valence-corrected chi connectivity index (χ1v) is 8.51. The molecule has 2 aliphatic heterocycles. The van der Waals surface area contributed by atoms with Crippen molar-refractivity contribution in [2.24, 2.45) is 0 Å². The summed E-state index contributed by atoms with van der Waals surface area (Å²) in [5.74, 6) is 0. The van der Waals surface area contributed by atoms with Gasteiger partial charge in [0.2, 0.25) is 0 Å². The summed E-state index contributed by atoms with van der Waals surface area (Å²) < 4.78 is 5.81. The molecule has 2 aliphatic rings. The Morgan fingerprint density at radius 3 is 2.85 bits per heavy atom. The lowest BCUT2D eigenvalue weighted by molar-refractivity contribution is -0.0192. The molecule has 1 N–H and O–H groups in total. The molecule has 0 aromatic carbocycles. The third kappa shape index (κ3) is 4.17. The summed E-state index contributed by atoms with van der Waals surface area (Å²) in [4.78, 5) is 5.24. The predicted molar refractivity (Wildman–Crippen MR) is 84.2 cm³/mol. The number of likely N-dealkylation sites (N-methyl/N-ethyl adjacent to an activating group) is 1. The van der Waals surface area contributed by atoms with Crippen LogP contribution < -0.4 is 5.32 Å². The molecule has 3 unspecified atom stereocenters. The number of ether oxygens (including phenoxy) is 1. The van der Waals surface area contributed by atoms with Crippen molar-refractivity contribution in [2.75, 3.05) is 46.4 Å². The second-order valence-electron chi connectivity index (χ2n) is 6.41. The molecular formula is C16H33N3O. The molecule has 0 amide bonds. The highest BCUT2D eigenvalue weighted by Crippen LogP contribution is 2.21. The Bertz CT molecular complexity index is 274. The van der Waals surface area contributed by atoms with Crippen LogP contribution in [0.15, 0.2) is 0 Å². The van der Waals surface area contributed by atoms with E-state index in [9.17, 15) is 0 Å². The maximum atomic E-state index is 5.81. The van der Waals surface area contributed by atoms with Crippen LogP contribution in [0.25, 0.3) is 0 Å². The van der Waals surface area contributed by atoms with Gasteiger partial charge in [0.25, 0.3) is 0 Å². The van der Waals surface area contributed by atoms with E-state index < -0.39 is 0 Å². The third-order valence-corrected chi connectivity index (χ3v) is 4.83. The standard InChI is InChI=1S/C16H33N3O/c1-4-8-17-15-7-11-20-13-16(15)19-10-6-9-18(3)12-14(19)5-2/h14-17H,4-13H2,1-3H3. The first-order valence-electron chi connectivity index (χ1n) is 8.51. The Morgan fingerprint density at radius 1 is 1.25 bits per heavy atom. The Balaban J connectivity index is 2.03. The first-order chi connectivity index (χ1) is 9.76. The van der Waals surface area contributed by atoms with Crippen molar-refractivity contribution >= 4 is 0 Å². The van der Waals surface area contributed by atoms with E-state index >= 15 is 0 Å².